The maximum Gasteiger partial charge on any atom is 0.324 e. The van der Waals surface area contributed by atoms with Gasteiger partial charge < -0.3 is 9.42 Å². The molecule has 1 aromatic carbocycles. The minimum Gasteiger partial charge on any atom is -0.338 e. The summed E-state index contributed by atoms with van der Waals surface area (Å²) in [7, 11) is 0. The Kier molecular flexibility index (Phi) is 4.41. The van der Waals surface area contributed by atoms with Gasteiger partial charge in [0.25, 0.3) is 0 Å². The molecule has 0 bridgehead atoms. The summed E-state index contributed by atoms with van der Waals surface area (Å²) < 4.78 is 20.4. The van der Waals surface area contributed by atoms with Crippen LogP contribution >= 0.6 is 11.6 Å². The molecule has 2 aliphatic rings. The zero-order chi connectivity index (χ0) is 19.2. The Labute approximate surface area is 162 Å². The van der Waals surface area contributed by atoms with Crippen molar-refractivity contribution in [2.75, 3.05) is 18.4 Å². The van der Waals surface area contributed by atoms with Crippen LogP contribution in [0.15, 0.2) is 28.8 Å². The smallest absolute Gasteiger partial charge is 0.324 e. The number of rotatable bonds is 2. The number of likely N-dealkylation sites (tertiary alicyclic amines) is 1. The van der Waals surface area contributed by atoms with Gasteiger partial charge in [-0.3, -0.25) is 5.32 Å². The lowest BCUT2D eigenvalue weighted by molar-refractivity contribution is -0.0993. The van der Waals surface area contributed by atoms with Crippen LogP contribution in [-0.4, -0.2) is 29.2 Å². The average molecular weight is 392 g/mol. The van der Waals surface area contributed by atoms with Crippen molar-refractivity contribution in [3.05, 3.63) is 46.1 Å². The van der Waals surface area contributed by atoms with Crippen LogP contribution in [0.5, 0.6) is 0 Å². The molecule has 1 aliphatic carbocycles. The van der Waals surface area contributed by atoms with Crippen molar-refractivity contribution < 1.29 is 13.7 Å². The van der Waals surface area contributed by atoms with Gasteiger partial charge in [0.2, 0.25) is 5.88 Å². The van der Waals surface area contributed by atoms with Crippen LogP contribution in [0.1, 0.15) is 42.5 Å². The number of aromatic nitrogens is 1. The molecule has 144 valence electrons. The molecule has 0 unspecified atom stereocenters. The molecular formula is C20H23ClFN3O2. The third-order valence-corrected chi connectivity index (χ3v) is 6.38. The highest BCUT2D eigenvalue weighted by atomic mass is 35.5. The standard InChI is InChI=1S/C20H23ClFN3O2/c1-13-14(2)24-27-17(13)23-18(26)25-8-6-19(7-9-25)11-20(22,12-19)15-4-3-5-16(21)10-15/h3-5,10H,6-9,11-12H2,1-2H3,(H,23,26). The molecule has 2 amide bonds. The molecule has 1 N–H and O–H groups in total. The third-order valence-electron chi connectivity index (χ3n) is 6.14. The van der Waals surface area contributed by atoms with Gasteiger partial charge in [0, 0.05) is 23.7 Å². The predicted octanol–water partition coefficient (Wildman–Crippen LogP) is 5.22. The van der Waals surface area contributed by atoms with Gasteiger partial charge in [-0.15, -0.1) is 0 Å². The van der Waals surface area contributed by atoms with Gasteiger partial charge >= 0.3 is 6.03 Å². The molecule has 0 radical (unpaired) electrons. The van der Waals surface area contributed by atoms with Crippen LogP contribution in [0.2, 0.25) is 5.02 Å². The third kappa shape index (κ3) is 3.31. The highest BCUT2D eigenvalue weighted by Crippen LogP contribution is 2.61. The molecule has 2 heterocycles. The molecule has 0 atom stereocenters. The Bertz CT molecular complexity index is 866. The van der Waals surface area contributed by atoms with E-state index in [0.717, 1.165) is 24.1 Å². The summed E-state index contributed by atoms with van der Waals surface area (Å²) in [5.41, 5.74) is 0.935. The first kappa shape index (κ1) is 18.3. The van der Waals surface area contributed by atoms with Crippen LogP contribution in [0.4, 0.5) is 15.1 Å². The number of nitrogens with one attached hydrogen (secondary N) is 1. The summed E-state index contributed by atoms with van der Waals surface area (Å²) in [6.07, 6.45) is 2.61. The molecule has 1 aromatic heterocycles. The second-order valence-electron chi connectivity index (χ2n) is 7.97. The molecule has 1 saturated carbocycles. The Hall–Kier alpha value is -2.08. The molecule has 1 saturated heterocycles. The van der Waals surface area contributed by atoms with E-state index in [1.165, 1.54) is 0 Å². The molecule has 2 aromatic rings. The monoisotopic (exact) mass is 391 g/mol. The van der Waals surface area contributed by atoms with Crippen molar-refractivity contribution in [2.45, 2.75) is 45.2 Å². The summed E-state index contributed by atoms with van der Waals surface area (Å²) in [4.78, 5) is 14.2. The molecule has 1 spiro atoms. The Balaban J connectivity index is 1.34. The SMILES string of the molecule is Cc1noc(NC(=O)N2CCC3(CC2)CC(F)(c2cccc(Cl)c2)C3)c1C. The zero-order valence-electron chi connectivity index (χ0n) is 15.5. The number of carbonyl (C=O) groups excluding carboxylic acids is 1. The summed E-state index contributed by atoms with van der Waals surface area (Å²) in [5, 5.41) is 7.20. The van der Waals surface area contributed by atoms with Crippen molar-refractivity contribution in [1.29, 1.82) is 0 Å². The Morgan fingerprint density at radius 2 is 2.00 bits per heavy atom. The summed E-state index contributed by atoms with van der Waals surface area (Å²) in [6, 6.07) is 6.90. The van der Waals surface area contributed by atoms with Gasteiger partial charge in [0.1, 0.15) is 5.67 Å². The van der Waals surface area contributed by atoms with E-state index in [9.17, 15) is 4.79 Å². The van der Waals surface area contributed by atoms with Crippen LogP contribution in [0, 0.1) is 19.3 Å². The number of benzene rings is 1. The second kappa shape index (κ2) is 6.51. The molecule has 1 aliphatic heterocycles. The van der Waals surface area contributed by atoms with E-state index in [0.29, 0.717) is 42.4 Å². The number of aryl methyl sites for hydroxylation is 1. The number of anilines is 1. The fraction of sp³-hybridized carbons (Fsp3) is 0.500. The van der Waals surface area contributed by atoms with Gasteiger partial charge in [-0.2, -0.15) is 0 Å². The number of carbonyl (C=O) groups is 1. The first-order valence-corrected chi connectivity index (χ1v) is 9.62. The number of hydrogen-bond acceptors (Lipinski definition) is 3. The number of amides is 2. The van der Waals surface area contributed by atoms with E-state index in [1.807, 2.05) is 19.9 Å². The number of piperidine rings is 1. The van der Waals surface area contributed by atoms with Gasteiger partial charge in [-0.25, -0.2) is 9.18 Å². The number of urea groups is 1. The lowest BCUT2D eigenvalue weighted by Crippen LogP contribution is -2.54. The van der Waals surface area contributed by atoms with Gasteiger partial charge in [0.05, 0.1) is 5.69 Å². The summed E-state index contributed by atoms with van der Waals surface area (Å²) >= 11 is 6.01. The van der Waals surface area contributed by atoms with Gasteiger partial charge in [-0.1, -0.05) is 28.9 Å². The molecule has 27 heavy (non-hydrogen) atoms. The highest BCUT2D eigenvalue weighted by molar-refractivity contribution is 6.30. The van der Waals surface area contributed by atoms with E-state index in [2.05, 4.69) is 10.5 Å². The topological polar surface area (TPSA) is 58.4 Å². The van der Waals surface area contributed by atoms with Crippen molar-refractivity contribution >= 4 is 23.5 Å². The van der Waals surface area contributed by atoms with Crippen molar-refractivity contribution in [3.63, 3.8) is 0 Å². The van der Waals surface area contributed by atoms with E-state index in [4.69, 9.17) is 16.1 Å². The largest absolute Gasteiger partial charge is 0.338 e. The maximum atomic E-state index is 15.3. The lowest BCUT2D eigenvalue weighted by atomic mass is 9.54. The quantitative estimate of drug-likeness (QED) is 0.763. The minimum atomic E-state index is -1.30. The number of hydrogen-bond donors (Lipinski definition) is 1. The second-order valence-corrected chi connectivity index (χ2v) is 8.40. The van der Waals surface area contributed by atoms with Gasteiger partial charge in [0.15, 0.2) is 0 Å². The zero-order valence-corrected chi connectivity index (χ0v) is 16.3. The Morgan fingerprint density at radius 3 is 2.59 bits per heavy atom. The van der Waals surface area contributed by atoms with E-state index in [-0.39, 0.29) is 11.4 Å². The van der Waals surface area contributed by atoms with Crippen molar-refractivity contribution in [3.8, 4) is 0 Å². The van der Waals surface area contributed by atoms with E-state index < -0.39 is 5.67 Å². The lowest BCUT2D eigenvalue weighted by Gasteiger charge is -2.55. The van der Waals surface area contributed by atoms with Crippen LogP contribution in [-0.2, 0) is 5.67 Å². The molecule has 4 rings (SSSR count). The Morgan fingerprint density at radius 1 is 1.30 bits per heavy atom. The van der Waals surface area contributed by atoms with E-state index >= 15 is 4.39 Å². The van der Waals surface area contributed by atoms with Gasteiger partial charge in [-0.05, 0) is 62.6 Å². The molecular weight excluding hydrogens is 369 g/mol. The van der Waals surface area contributed by atoms with E-state index in [1.54, 1.807) is 23.1 Å². The van der Waals surface area contributed by atoms with Crippen LogP contribution in [0.3, 0.4) is 0 Å². The number of alkyl halides is 1. The average Bonchev–Trinajstić information content (AvgIpc) is 2.93. The first-order chi connectivity index (χ1) is 12.8. The highest BCUT2D eigenvalue weighted by Gasteiger charge is 2.56. The summed E-state index contributed by atoms with van der Waals surface area (Å²) in [5.74, 6) is 0.394. The summed E-state index contributed by atoms with van der Waals surface area (Å²) in [6.45, 7) is 4.92. The van der Waals surface area contributed by atoms with Crippen LogP contribution < -0.4 is 5.32 Å². The minimum absolute atomic E-state index is 0.0212. The fourth-order valence-electron chi connectivity index (χ4n) is 4.35. The molecule has 5 nitrogen and oxygen atoms in total. The van der Waals surface area contributed by atoms with Crippen molar-refractivity contribution in [1.82, 2.24) is 10.1 Å². The molecule has 2 fully saturated rings. The maximum absolute atomic E-state index is 15.3. The van der Waals surface area contributed by atoms with Crippen LogP contribution in [0.25, 0.3) is 0 Å². The first-order valence-electron chi connectivity index (χ1n) is 9.24. The van der Waals surface area contributed by atoms with Crippen molar-refractivity contribution in [2.24, 2.45) is 5.41 Å². The molecule has 7 heteroatoms. The normalized spacial score (nSPS) is 20.4. The predicted molar refractivity (Wildman–Crippen MR) is 102 cm³/mol. The number of nitrogens with zero attached hydrogens (tertiary/aromatic N) is 2. The number of halogens is 2. The fourth-order valence-corrected chi connectivity index (χ4v) is 4.54.